The second-order valence-corrected chi connectivity index (χ2v) is 7.65. The van der Waals surface area contributed by atoms with Gasteiger partial charge in [-0.3, -0.25) is 4.90 Å². The van der Waals surface area contributed by atoms with Crippen LogP contribution in [0.25, 0.3) is 0 Å². The molecule has 1 aliphatic heterocycles. The summed E-state index contributed by atoms with van der Waals surface area (Å²) in [4.78, 5) is 1.77. The van der Waals surface area contributed by atoms with Gasteiger partial charge in [-0.2, -0.15) is 4.31 Å². The van der Waals surface area contributed by atoms with Crippen molar-refractivity contribution in [3.05, 3.63) is 65.7 Å². The van der Waals surface area contributed by atoms with Crippen molar-refractivity contribution in [2.24, 2.45) is 0 Å². The number of piperazine rings is 1. The molecule has 0 N–H and O–H groups in total. The number of benzene rings is 2. The van der Waals surface area contributed by atoms with Crippen LogP contribution in [0.4, 0.5) is 8.78 Å². The molecular formula is C17H18F2N2O2S. The van der Waals surface area contributed by atoms with Gasteiger partial charge in [-0.15, -0.1) is 0 Å². The molecule has 0 aliphatic carbocycles. The van der Waals surface area contributed by atoms with Crippen LogP contribution in [0.2, 0.25) is 0 Å². The largest absolute Gasteiger partial charge is 0.296 e. The van der Waals surface area contributed by atoms with E-state index in [0.717, 1.165) is 11.6 Å². The van der Waals surface area contributed by atoms with Crippen molar-refractivity contribution < 1.29 is 17.2 Å². The van der Waals surface area contributed by atoms with E-state index in [4.69, 9.17) is 0 Å². The molecule has 0 aromatic heterocycles. The van der Waals surface area contributed by atoms with E-state index in [1.165, 1.54) is 34.6 Å². The lowest BCUT2D eigenvalue weighted by Gasteiger charge is -2.34. The van der Waals surface area contributed by atoms with E-state index in [2.05, 4.69) is 4.90 Å². The Balaban J connectivity index is 1.66. The molecule has 0 spiro atoms. The van der Waals surface area contributed by atoms with Crippen molar-refractivity contribution in [1.29, 1.82) is 0 Å². The van der Waals surface area contributed by atoms with Gasteiger partial charge in [0.05, 0.1) is 0 Å². The van der Waals surface area contributed by atoms with Crippen molar-refractivity contribution in [2.45, 2.75) is 11.4 Å². The van der Waals surface area contributed by atoms with Crippen molar-refractivity contribution >= 4 is 10.0 Å². The first-order valence-corrected chi connectivity index (χ1v) is 9.12. The number of hydrogen-bond acceptors (Lipinski definition) is 3. The Morgan fingerprint density at radius 3 is 2.29 bits per heavy atom. The first kappa shape index (κ1) is 17.0. The van der Waals surface area contributed by atoms with Crippen LogP contribution in [0.3, 0.4) is 0 Å². The topological polar surface area (TPSA) is 40.6 Å². The average molecular weight is 352 g/mol. The van der Waals surface area contributed by atoms with Crippen LogP contribution in [0.1, 0.15) is 5.56 Å². The molecule has 2 aromatic rings. The van der Waals surface area contributed by atoms with Crippen LogP contribution < -0.4 is 0 Å². The second kappa shape index (κ2) is 6.96. The predicted octanol–water partition coefficient (Wildman–Crippen LogP) is 2.47. The highest BCUT2D eigenvalue weighted by atomic mass is 32.2. The van der Waals surface area contributed by atoms with Gasteiger partial charge in [0.25, 0.3) is 0 Å². The maximum Gasteiger partial charge on any atom is 0.246 e. The molecule has 0 bridgehead atoms. The lowest BCUT2D eigenvalue weighted by molar-refractivity contribution is 0.181. The lowest BCUT2D eigenvalue weighted by Crippen LogP contribution is -2.48. The predicted molar refractivity (Wildman–Crippen MR) is 86.8 cm³/mol. The van der Waals surface area contributed by atoms with Crippen LogP contribution in [0, 0.1) is 11.6 Å². The average Bonchev–Trinajstić information content (AvgIpc) is 2.55. The summed E-state index contributed by atoms with van der Waals surface area (Å²) in [6.07, 6.45) is 0. The van der Waals surface area contributed by atoms with Crippen molar-refractivity contribution in [3.8, 4) is 0 Å². The standard InChI is InChI=1S/C17H18F2N2O2S/c18-15-5-3-4-14(12-15)13-20-8-10-21(11-9-20)24(22,23)17-7-2-1-6-16(17)19/h1-7,12H,8-11,13H2. The normalized spacial score (nSPS) is 17.1. The molecule has 1 heterocycles. The third kappa shape index (κ3) is 3.63. The summed E-state index contributed by atoms with van der Waals surface area (Å²) in [6.45, 7) is 2.16. The van der Waals surface area contributed by atoms with E-state index in [1.807, 2.05) is 6.07 Å². The molecule has 0 radical (unpaired) electrons. The highest BCUT2D eigenvalue weighted by Gasteiger charge is 2.30. The molecule has 0 atom stereocenters. The quantitative estimate of drug-likeness (QED) is 0.849. The fourth-order valence-electron chi connectivity index (χ4n) is 2.81. The Hall–Kier alpha value is -1.83. The zero-order valence-electron chi connectivity index (χ0n) is 13.0. The van der Waals surface area contributed by atoms with Gasteiger partial charge in [0, 0.05) is 32.7 Å². The smallest absolute Gasteiger partial charge is 0.246 e. The minimum atomic E-state index is -3.82. The van der Waals surface area contributed by atoms with Gasteiger partial charge in [0.1, 0.15) is 16.5 Å². The third-order valence-corrected chi connectivity index (χ3v) is 6.01. The van der Waals surface area contributed by atoms with Gasteiger partial charge in [-0.05, 0) is 29.8 Å². The summed E-state index contributed by atoms with van der Waals surface area (Å²) in [5.41, 5.74) is 0.848. The van der Waals surface area contributed by atoms with Crippen LogP contribution in [-0.2, 0) is 16.6 Å². The first-order chi connectivity index (χ1) is 11.5. The van der Waals surface area contributed by atoms with E-state index in [0.29, 0.717) is 19.6 Å². The van der Waals surface area contributed by atoms with Gasteiger partial charge in [0.15, 0.2) is 0 Å². The van der Waals surface area contributed by atoms with Crippen molar-refractivity contribution in [3.63, 3.8) is 0 Å². The molecule has 1 aliphatic rings. The van der Waals surface area contributed by atoms with Crippen LogP contribution in [0.5, 0.6) is 0 Å². The molecule has 24 heavy (non-hydrogen) atoms. The van der Waals surface area contributed by atoms with Gasteiger partial charge < -0.3 is 0 Å². The number of rotatable bonds is 4. The third-order valence-electron chi connectivity index (χ3n) is 4.08. The summed E-state index contributed by atoms with van der Waals surface area (Å²) in [7, 11) is -3.82. The SMILES string of the molecule is O=S(=O)(c1ccccc1F)N1CCN(Cc2cccc(F)c2)CC1. The van der Waals surface area contributed by atoms with Gasteiger partial charge in [-0.25, -0.2) is 17.2 Å². The maximum absolute atomic E-state index is 13.8. The second-order valence-electron chi connectivity index (χ2n) is 5.74. The number of halogens is 2. The Labute approximate surface area is 140 Å². The van der Waals surface area contributed by atoms with Gasteiger partial charge in [-0.1, -0.05) is 24.3 Å². The summed E-state index contributed by atoms with van der Waals surface area (Å²) in [6, 6.07) is 11.8. The summed E-state index contributed by atoms with van der Waals surface area (Å²) in [5.74, 6) is -1.02. The fourth-order valence-corrected chi connectivity index (χ4v) is 4.30. The molecule has 0 saturated carbocycles. The minimum absolute atomic E-state index is 0.284. The molecule has 3 rings (SSSR count). The number of nitrogens with zero attached hydrogens (tertiary/aromatic N) is 2. The molecular weight excluding hydrogens is 334 g/mol. The number of sulfonamides is 1. The van der Waals surface area contributed by atoms with E-state index < -0.39 is 15.8 Å². The minimum Gasteiger partial charge on any atom is -0.296 e. The summed E-state index contributed by atoms with van der Waals surface area (Å²) < 4.78 is 53.4. The fraction of sp³-hybridized carbons (Fsp3) is 0.294. The lowest BCUT2D eigenvalue weighted by atomic mass is 10.2. The Bertz CT molecular complexity index is 819. The molecule has 7 heteroatoms. The Kier molecular flexibility index (Phi) is 4.93. The van der Waals surface area contributed by atoms with Crippen molar-refractivity contribution in [2.75, 3.05) is 26.2 Å². The Morgan fingerprint density at radius 1 is 0.917 bits per heavy atom. The summed E-state index contributed by atoms with van der Waals surface area (Å²) >= 11 is 0. The molecule has 0 amide bonds. The highest BCUT2D eigenvalue weighted by Crippen LogP contribution is 2.21. The van der Waals surface area contributed by atoms with Gasteiger partial charge in [0.2, 0.25) is 10.0 Å². The molecule has 0 unspecified atom stereocenters. The molecule has 1 fully saturated rings. The molecule has 128 valence electrons. The van der Waals surface area contributed by atoms with E-state index in [-0.39, 0.29) is 23.8 Å². The van der Waals surface area contributed by atoms with Crippen LogP contribution in [0.15, 0.2) is 53.4 Å². The van der Waals surface area contributed by atoms with E-state index >= 15 is 0 Å². The first-order valence-electron chi connectivity index (χ1n) is 7.68. The van der Waals surface area contributed by atoms with Crippen LogP contribution in [-0.4, -0.2) is 43.8 Å². The molecule has 1 saturated heterocycles. The maximum atomic E-state index is 13.8. The zero-order chi connectivity index (χ0) is 17.2. The monoisotopic (exact) mass is 352 g/mol. The highest BCUT2D eigenvalue weighted by molar-refractivity contribution is 7.89. The van der Waals surface area contributed by atoms with Crippen molar-refractivity contribution in [1.82, 2.24) is 9.21 Å². The number of hydrogen-bond donors (Lipinski definition) is 0. The summed E-state index contributed by atoms with van der Waals surface area (Å²) in [5, 5.41) is 0. The van der Waals surface area contributed by atoms with E-state index in [1.54, 1.807) is 6.07 Å². The Morgan fingerprint density at radius 2 is 1.62 bits per heavy atom. The van der Waals surface area contributed by atoms with Gasteiger partial charge >= 0.3 is 0 Å². The molecule has 2 aromatic carbocycles. The van der Waals surface area contributed by atoms with E-state index in [9.17, 15) is 17.2 Å². The zero-order valence-corrected chi connectivity index (χ0v) is 13.8. The molecule has 4 nitrogen and oxygen atoms in total. The van der Waals surface area contributed by atoms with Crippen LogP contribution >= 0.6 is 0 Å².